The first-order valence-corrected chi connectivity index (χ1v) is 28.5. The monoisotopic (exact) mass is 996 g/mol. The topological polar surface area (TPSA) is 303 Å². The highest BCUT2D eigenvalue weighted by molar-refractivity contribution is 7.47. The number of hydrogen-bond acceptors (Lipinski definition) is 14. The van der Waals surface area contributed by atoms with E-state index >= 15 is 0 Å². The zero-order valence-electron chi connectivity index (χ0n) is 38.8. The van der Waals surface area contributed by atoms with Crippen molar-refractivity contribution in [1.82, 2.24) is 0 Å². The van der Waals surface area contributed by atoms with Gasteiger partial charge in [0, 0.05) is 12.8 Å². The van der Waals surface area contributed by atoms with Crippen LogP contribution in [0.1, 0.15) is 194 Å². The van der Waals surface area contributed by atoms with Crippen LogP contribution in [-0.2, 0) is 50.9 Å². The van der Waals surface area contributed by atoms with E-state index in [1.807, 2.05) is 0 Å². The third kappa shape index (κ3) is 32.4. The highest BCUT2D eigenvalue weighted by atomic mass is 31.2. The molecule has 0 aromatic carbocycles. The lowest BCUT2D eigenvalue weighted by Gasteiger charge is -2.44. The maximum Gasteiger partial charge on any atom is 0.472 e. The van der Waals surface area contributed by atoms with E-state index in [0.29, 0.717) is 12.8 Å². The van der Waals surface area contributed by atoms with Gasteiger partial charge in [-0.15, -0.1) is 0 Å². The van der Waals surface area contributed by atoms with Crippen LogP contribution in [0.15, 0.2) is 12.2 Å². The molecule has 1 aliphatic rings. The highest BCUT2D eigenvalue weighted by Gasteiger charge is 2.56. The van der Waals surface area contributed by atoms with Crippen LogP contribution in [0.3, 0.4) is 0 Å². The maximum absolute atomic E-state index is 13.1. The van der Waals surface area contributed by atoms with Gasteiger partial charge in [-0.1, -0.05) is 154 Å². The molecule has 22 heteroatoms. The minimum absolute atomic E-state index is 0.00188. The molecule has 384 valence electrons. The van der Waals surface area contributed by atoms with E-state index in [2.05, 4.69) is 35.0 Å². The molecule has 0 radical (unpaired) electrons. The molecule has 0 heterocycles. The zero-order valence-corrected chi connectivity index (χ0v) is 41.5. The van der Waals surface area contributed by atoms with Gasteiger partial charge in [0.2, 0.25) is 0 Å². The minimum Gasteiger partial charge on any atom is -0.462 e. The fraction of sp³-hybridized carbons (Fsp3) is 0.907. The SMILES string of the molecule is CCCCCCC=CCCCCCCCC(=O)OCC(COP(=O)(O)OC1C(O)C(O)C(OP(=O)(O)O)C(OP(=O)(O)O)C1O)OC(=O)CCCCCCCCCCCCCCCCC. The summed E-state index contributed by atoms with van der Waals surface area (Å²) in [4.78, 5) is 73.1. The highest BCUT2D eigenvalue weighted by Crippen LogP contribution is 2.51. The van der Waals surface area contributed by atoms with Crippen LogP contribution in [0.4, 0.5) is 0 Å². The van der Waals surface area contributed by atoms with E-state index < -0.39 is 91.3 Å². The van der Waals surface area contributed by atoms with Crippen LogP contribution in [-0.4, -0.2) is 108 Å². The van der Waals surface area contributed by atoms with Crippen molar-refractivity contribution in [2.45, 2.75) is 236 Å². The van der Waals surface area contributed by atoms with Crippen molar-refractivity contribution in [3.8, 4) is 0 Å². The number of allylic oxidation sites excluding steroid dienone is 2. The molecule has 1 aliphatic carbocycles. The fourth-order valence-electron chi connectivity index (χ4n) is 7.46. The van der Waals surface area contributed by atoms with Gasteiger partial charge >= 0.3 is 35.4 Å². The maximum atomic E-state index is 13.1. The van der Waals surface area contributed by atoms with Crippen LogP contribution in [0.25, 0.3) is 0 Å². The Hall–Kier alpha value is -1.11. The number of hydrogen-bond donors (Lipinski definition) is 8. The van der Waals surface area contributed by atoms with Crippen molar-refractivity contribution in [3.05, 3.63) is 12.2 Å². The van der Waals surface area contributed by atoms with Gasteiger partial charge in [-0.05, 0) is 38.5 Å². The van der Waals surface area contributed by atoms with Crippen molar-refractivity contribution in [2.75, 3.05) is 13.2 Å². The summed E-state index contributed by atoms with van der Waals surface area (Å²) >= 11 is 0. The Morgan fingerprint density at radius 3 is 1.29 bits per heavy atom. The molecular weight excluding hydrogens is 913 g/mol. The molecule has 0 saturated heterocycles. The van der Waals surface area contributed by atoms with E-state index in [1.54, 1.807) is 0 Å². The molecule has 0 bridgehead atoms. The van der Waals surface area contributed by atoms with Crippen molar-refractivity contribution < 1.29 is 90.6 Å². The largest absolute Gasteiger partial charge is 0.472 e. The van der Waals surface area contributed by atoms with E-state index in [4.69, 9.17) is 18.5 Å². The number of aliphatic hydroxyl groups is 3. The lowest BCUT2D eigenvalue weighted by Crippen LogP contribution is -2.65. The van der Waals surface area contributed by atoms with Crippen molar-refractivity contribution in [2.24, 2.45) is 0 Å². The molecule has 0 aromatic rings. The van der Waals surface area contributed by atoms with Crippen molar-refractivity contribution in [3.63, 3.8) is 0 Å². The second kappa shape index (κ2) is 35.9. The summed E-state index contributed by atoms with van der Waals surface area (Å²) in [5.41, 5.74) is 0. The van der Waals surface area contributed by atoms with Gasteiger partial charge in [0.1, 0.15) is 43.2 Å². The smallest absolute Gasteiger partial charge is 0.462 e. The summed E-state index contributed by atoms with van der Waals surface area (Å²) in [5.74, 6) is -1.30. The van der Waals surface area contributed by atoms with E-state index in [0.717, 1.165) is 64.2 Å². The number of carbonyl (C=O) groups is 2. The Labute approximate surface area is 386 Å². The van der Waals surface area contributed by atoms with Gasteiger partial charge in [0.25, 0.3) is 0 Å². The number of phosphoric acid groups is 3. The number of unbranched alkanes of at least 4 members (excludes halogenated alkanes) is 23. The third-order valence-corrected chi connectivity index (χ3v) is 13.1. The Bertz CT molecular complexity index is 1420. The molecule has 0 amide bonds. The Morgan fingerprint density at radius 1 is 0.477 bits per heavy atom. The number of rotatable bonds is 41. The number of aliphatic hydroxyl groups excluding tert-OH is 3. The quantitative estimate of drug-likeness (QED) is 0.0123. The predicted molar refractivity (Wildman–Crippen MR) is 243 cm³/mol. The summed E-state index contributed by atoms with van der Waals surface area (Å²) in [5, 5.41) is 31.9. The van der Waals surface area contributed by atoms with E-state index in [1.165, 1.54) is 89.9 Å². The second-order valence-electron chi connectivity index (χ2n) is 17.0. The first-order chi connectivity index (χ1) is 30.8. The van der Waals surface area contributed by atoms with Gasteiger partial charge in [0.05, 0.1) is 6.61 Å². The normalized spacial score (nSPS) is 21.9. The summed E-state index contributed by atoms with van der Waals surface area (Å²) in [7, 11) is -16.6. The summed E-state index contributed by atoms with van der Waals surface area (Å²) in [6.45, 7) is 2.93. The van der Waals surface area contributed by atoms with E-state index in [-0.39, 0.29) is 12.8 Å². The van der Waals surface area contributed by atoms with Gasteiger partial charge in [-0.3, -0.25) is 27.7 Å². The average molecular weight is 997 g/mol. The first-order valence-electron chi connectivity index (χ1n) is 24.0. The van der Waals surface area contributed by atoms with Crippen LogP contribution in [0.5, 0.6) is 0 Å². The third-order valence-electron chi connectivity index (χ3n) is 11.1. The molecule has 8 N–H and O–H groups in total. The lowest BCUT2D eigenvalue weighted by molar-refractivity contribution is -0.213. The molecule has 0 aromatic heterocycles. The number of phosphoric ester groups is 3. The molecule has 65 heavy (non-hydrogen) atoms. The van der Waals surface area contributed by atoms with Crippen LogP contribution in [0, 0.1) is 0 Å². The molecule has 19 nitrogen and oxygen atoms in total. The van der Waals surface area contributed by atoms with Gasteiger partial charge in [-0.2, -0.15) is 0 Å². The van der Waals surface area contributed by atoms with Crippen LogP contribution >= 0.6 is 23.5 Å². The van der Waals surface area contributed by atoms with Crippen LogP contribution < -0.4 is 0 Å². The Balaban J connectivity index is 2.73. The fourth-order valence-corrected chi connectivity index (χ4v) is 9.56. The molecule has 1 fully saturated rings. The predicted octanol–water partition coefficient (Wildman–Crippen LogP) is 8.51. The minimum atomic E-state index is -5.60. The summed E-state index contributed by atoms with van der Waals surface area (Å²) in [6.07, 6.45) is 16.6. The average Bonchev–Trinajstić information content (AvgIpc) is 3.23. The van der Waals surface area contributed by atoms with Gasteiger partial charge < -0.3 is 49.3 Å². The van der Waals surface area contributed by atoms with Crippen molar-refractivity contribution >= 4 is 35.4 Å². The van der Waals surface area contributed by atoms with Gasteiger partial charge in [0.15, 0.2) is 6.10 Å². The number of esters is 2. The molecule has 0 aliphatic heterocycles. The standard InChI is InChI=1S/C43H83O19P3/c1-3-5-7-9-11-13-15-17-18-20-22-24-26-28-30-32-37(45)59-35(33-57-36(44)31-29-27-25-23-21-19-16-14-12-10-8-6-4-2)34-58-65(55,56)62-41-38(46)39(47)42(60-63(49,50)51)43(40(41)48)61-64(52,53)54/h14,16,35,38-43,46-48H,3-13,15,17-34H2,1-2H3,(H,55,56)(H2,49,50,51)(H2,52,53,54). The molecule has 1 saturated carbocycles. The number of carbonyl (C=O) groups excluding carboxylic acids is 2. The molecule has 0 spiro atoms. The summed E-state index contributed by atoms with van der Waals surface area (Å²) in [6, 6.07) is 0. The Kier molecular flexibility index (Phi) is 34.2. The number of ether oxygens (including phenoxy) is 2. The van der Waals surface area contributed by atoms with E-state index in [9.17, 15) is 63.1 Å². The molecule has 8 atom stereocenters. The zero-order chi connectivity index (χ0) is 48.6. The van der Waals surface area contributed by atoms with Gasteiger partial charge in [-0.25, -0.2) is 13.7 Å². The molecule has 1 rings (SSSR count). The second-order valence-corrected chi connectivity index (χ2v) is 20.8. The van der Waals surface area contributed by atoms with Crippen molar-refractivity contribution in [1.29, 1.82) is 0 Å². The Morgan fingerprint density at radius 2 is 0.846 bits per heavy atom. The summed E-state index contributed by atoms with van der Waals surface area (Å²) < 4.78 is 65.4. The lowest BCUT2D eigenvalue weighted by atomic mass is 9.85. The van der Waals surface area contributed by atoms with Crippen LogP contribution in [0.2, 0.25) is 0 Å². The molecular formula is C43H83O19P3. The molecule has 8 unspecified atom stereocenters. The first kappa shape index (κ1) is 61.9.